The lowest BCUT2D eigenvalue weighted by Crippen LogP contribution is -2.29. The van der Waals surface area contributed by atoms with Gasteiger partial charge in [0.25, 0.3) is 5.91 Å². The normalized spacial score (nSPS) is 13.4. The molecule has 0 bridgehead atoms. The second-order valence-electron chi connectivity index (χ2n) is 4.88. The van der Waals surface area contributed by atoms with Crippen LogP contribution in [-0.2, 0) is 19.5 Å². The summed E-state index contributed by atoms with van der Waals surface area (Å²) in [5.41, 5.74) is 3.77. The third kappa shape index (κ3) is 3.48. The molecule has 3 rings (SSSR count). The quantitative estimate of drug-likeness (QED) is 0.845. The molecule has 8 heteroatoms. The van der Waals surface area contributed by atoms with Crippen molar-refractivity contribution in [1.29, 1.82) is 0 Å². The van der Waals surface area contributed by atoms with Gasteiger partial charge < -0.3 is 10.2 Å². The van der Waals surface area contributed by atoms with Crippen LogP contribution < -0.4 is 5.32 Å². The molecule has 114 valence electrons. The van der Waals surface area contributed by atoms with Crippen LogP contribution in [-0.4, -0.2) is 34.6 Å². The van der Waals surface area contributed by atoms with Crippen molar-refractivity contribution in [3.63, 3.8) is 0 Å². The van der Waals surface area contributed by atoms with E-state index in [-0.39, 0.29) is 18.3 Å². The van der Waals surface area contributed by atoms with Crippen molar-refractivity contribution < 1.29 is 4.79 Å². The summed E-state index contributed by atoms with van der Waals surface area (Å²) in [5, 5.41) is 12.5. The zero-order valence-corrected chi connectivity index (χ0v) is 14.7. The summed E-state index contributed by atoms with van der Waals surface area (Å²) >= 11 is 5.06. The van der Waals surface area contributed by atoms with Gasteiger partial charge in [-0.2, -0.15) is 5.10 Å². The average Bonchev–Trinajstić information content (AvgIpc) is 3.04. The molecule has 0 unspecified atom stereocenters. The molecule has 0 fully saturated rings. The number of hydrogen-bond donors (Lipinski definition) is 2. The van der Waals surface area contributed by atoms with Gasteiger partial charge in [0.1, 0.15) is 0 Å². The van der Waals surface area contributed by atoms with Gasteiger partial charge in [-0.25, -0.2) is 0 Å². The smallest absolute Gasteiger partial charge is 0.274 e. The highest BCUT2D eigenvalue weighted by molar-refractivity contribution is 9.11. The van der Waals surface area contributed by atoms with E-state index in [1.165, 1.54) is 0 Å². The molecule has 1 aliphatic rings. The molecule has 5 nitrogen and oxygen atoms in total. The summed E-state index contributed by atoms with van der Waals surface area (Å²) in [4.78, 5) is 14.2. The maximum absolute atomic E-state index is 12.5. The van der Waals surface area contributed by atoms with Crippen LogP contribution in [0, 0.1) is 0 Å². The van der Waals surface area contributed by atoms with Crippen molar-refractivity contribution >= 4 is 45.6 Å². The van der Waals surface area contributed by atoms with Crippen LogP contribution >= 0.6 is 39.7 Å². The van der Waals surface area contributed by atoms with Gasteiger partial charge >= 0.3 is 0 Å². The van der Waals surface area contributed by atoms with Crippen molar-refractivity contribution in [2.24, 2.45) is 0 Å². The average molecular weight is 392 g/mol. The Bertz CT molecular complexity index is 642. The predicted molar refractivity (Wildman–Crippen MR) is 89.1 cm³/mol. The van der Waals surface area contributed by atoms with Gasteiger partial charge in [0, 0.05) is 44.4 Å². The van der Waals surface area contributed by atoms with Crippen LogP contribution in [0.5, 0.6) is 0 Å². The third-order valence-electron chi connectivity index (χ3n) is 3.40. The highest BCUT2D eigenvalue weighted by Gasteiger charge is 2.23. The zero-order valence-electron chi connectivity index (χ0n) is 11.5. The van der Waals surface area contributed by atoms with Gasteiger partial charge in [0.15, 0.2) is 5.69 Å². The van der Waals surface area contributed by atoms with E-state index in [2.05, 4.69) is 36.8 Å². The van der Waals surface area contributed by atoms with Crippen molar-refractivity contribution in [1.82, 2.24) is 20.4 Å². The number of rotatable bonds is 3. The predicted octanol–water partition coefficient (Wildman–Crippen LogP) is 2.57. The Kier molecular flexibility index (Phi) is 5.43. The van der Waals surface area contributed by atoms with E-state index >= 15 is 0 Å². The minimum atomic E-state index is -0.0338. The Balaban J connectivity index is 0.00000161. The van der Waals surface area contributed by atoms with E-state index in [1.807, 2.05) is 13.1 Å². The Hall–Kier alpha value is -0.890. The number of fused-ring (bicyclic) bond motifs is 1. The molecule has 2 N–H and O–H groups in total. The fourth-order valence-electron chi connectivity index (χ4n) is 2.36. The number of nitrogens with zero attached hydrogens (tertiary/aromatic N) is 2. The summed E-state index contributed by atoms with van der Waals surface area (Å²) in [7, 11) is 1.81. The van der Waals surface area contributed by atoms with E-state index in [0.29, 0.717) is 18.8 Å². The van der Waals surface area contributed by atoms with Gasteiger partial charge in [-0.3, -0.25) is 9.89 Å². The first kappa shape index (κ1) is 16.5. The number of hydrogen-bond acceptors (Lipinski definition) is 4. The molecular weight excluding hydrogens is 376 g/mol. The minimum Gasteiger partial charge on any atom is -0.336 e. The maximum atomic E-state index is 12.5. The molecule has 0 saturated heterocycles. The number of amides is 1. The number of carbonyl (C=O) groups is 1. The van der Waals surface area contributed by atoms with E-state index < -0.39 is 0 Å². The molecular formula is C13H16BrClN4OS. The Morgan fingerprint density at radius 3 is 3.10 bits per heavy atom. The first-order chi connectivity index (χ1) is 9.65. The molecule has 1 aliphatic heterocycles. The monoisotopic (exact) mass is 390 g/mol. The van der Waals surface area contributed by atoms with E-state index in [1.54, 1.807) is 16.2 Å². The maximum Gasteiger partial charge on any atom is 0.274 e. The van der Waals surface area contributed by atoms with Crippen LogP contribution in [0.4, 0.5) is 0 Å². The van der Waals surface area contributed by atoms with Crippen molar-refractivity contribution in [3.8, 4) is 0 Å². The first-order valence-corrected chi connectivity index (χ1v) is 8.07. The van der Waals surface area contributed by atoms with Gasteiger partial charge in [-0.15, -0.1) is 23.7 Å². The molecule has 0 spiro atoms. The highest BCUT2D eigenvalue weighted by Crippen LogP contribution is 2.22. The Labute approximate surface area is 141 Å². The van der Waals surface area contributed by atoms with Crippen molar-refractivity contribution in [2.45, 2.75) is 19.5 Å². The summed E-state index contributed by atoms with van der Waals surface area (Å²) in [6, 6.07) is 2.04. The van der Waals surface area contributed by atoms with Crippen LogP contribution in [0.25, 0.3) is 0 Å². The van der Waals surface area contributed by atoms with Crippen LogP contribution in [0.2, 0.25) is 0 Å². The summed E-state index contributed by atoms with van der Waals surface area (Å²) in [6.45, 7) is 2.24. The first-order valence-electron chi connectivity index (χ1n) is 6.40. The lowest BCUT2D eigenvalue weighted by Gasteiger charge is -2.17. The summed E-state index contributed by atoms with van der Waals surface area (Å²) in [6.07, 6.45) is 0.900. The lowest BCUT2D eigenvalue weighted by molar-refractivity contribution is 0.0778. The van der Waals surface area contributed by atoms with Crippen molar-refractivity contribution in [2.75, 3.05) is 13.6 Å². The molecule has 0 saturated carbocycles. The van der Waals surface area contributed by atoms with Crippen LogP contribution in [0.15, 0.2) is 15.2 Å². The molecule has 3 heterocycles. The molecule has 0 radical (unpaired) electrons. The van der Waals surface area contributed by atoms with Gasteiger partial charge in [0.05, 0.1) is 3.79 Å². The van der Waals surface area contributed by atoms with Crippen LogP contribution in [0.1, 0.15) is 27.3 Å². The van der Waals surface area contributed by atoms with Crippen molar-refractivity contribution in [3.05, 3.63) is 37.7 Å². The summed E-state index contributed by atoms with van der Waals surface area (Å²) in [5.74, 6) is -0.0338. The molecule has 0 aromatic carbocycles. The number of thiophene rings is 1. The van der Waals surface area contributed by atoms with E-state index in [0.717, 1.165) is 33.6 Å². The number of halogens is 2. The molecule has 1 amide bonds. The Morgan fingerprint density at radius 1 is 1.57 bits per heavy atom. The van der Waals surface area contributed by atoms with Crippen LogP contribution in [0.3, 0.4) is 0 Å². The summed E-state index contributed by atoms with van der Waals surface area (Å²) < 4.78 is 1.08. The molecule has 2 aromatic heterocycles. The molecule has 2 aromatic rings. The standard InChI is InChI=1S/C13H15BrN4OS.ClH/c1-18(6-8-4-11(14)20-7-8)13(19)12-9-5-15-3-2-10(9)16-17-12;/h4,7,15H,2-3,5-6H2,1H3,(H,16,17);1H. The number of nitrogens with one attached hydrogen (secondary N) is 2. The molecule has 0 aliphatic carbocycles. The number of aromatic nitrogens is 2. The largest absolute Gasteiger partial charge is 0.336 e. The second kappa shape index (κ2) is 6.91. The fraction of sp³-hybridized carbons (Fsp3) is 0.385. The van der Waals surface area contributed by atoms with Gasteiger partial charge in [-0.05, 0) is 32.9 Å². The van der Waals surface area contributed by atoms with Gasteiger partial charge in [0.2, 0.25) is 0 Å². The molecule has 21 heavy (non-hydrogen) atoms. The number of aromatic amines is 1. The van der Waals surface area contributed by atoms with E-state index in [4.69, 9.17) is 0 Å². The fourth-order valence-corrected chi connectivity index (χ4v) is 3.56. The highest BCUT2D eigenvalue weighted by atomic mass is 79.9. The second-order valence-corrected chi connectivity index (χ2v) is 7.17. The van der Waals surface area contributed by atoms with E-state index in [9.17, 15) is 4.79 Å². The third-order valence-corrected chi connectivity index (χ3v) is 4.95. The topological polar surface area (TPSA) is 61.0 Å². The number of H-pyrrole nitrogens is 1. The SMILES string of the molecule is CN(Cc1csc(Br)c1)C(=O)c1n[nH]c2c1CNCC2.Cl. The molecule has 0 atom stereocenters. The zero-order chi connectivity index (χ0) is 14.1. The minimum absolute atomic E-state index is 0. The van der Waals surface area contributed by atoms with Gasteiger partial charge in [-0.1, -0.05) is 0 Å². The lowest BCUT2D eigenvalue weighted by atomic mass is 10.1. The Morgan fingerprint density at radius 2 is 2.38 bits per heavy atom. The number of carbonyl (C=O) groups excluding carboxylic acids is 1.